The highest BCUT2D eigenvalue weighted by atomic mass is 32.2. The molecule has 22 heavy (non-hydrogen) atoms. The molecule has 2 heterocycles. The Bertz CT molecular complexity index is 727. The van der Waals surface area contributed by atoms with Gasteiger partial charge >= 0.3 is 0 Å². The summed E-state index contributed by atoms with van der Waals surface area (Å²) in [5, 5.41) is 4.10. The maximum atomic E-state index is 12.1. The molecule has 2 aromatic rings. The molecule has 1 atom stereocenters. The normalized spacial score (nSPS) is 19.1. The van der Waals surface area contributed by atoms with Crippen molar-refractivity contribution in [2.75, 3.05) is 18.0 Å². The first-order valence-corrected chi connectivity index (χ1v) is 9.45. The minimum absolute atomic E-state index is 0.0747. The number of sulfonamides is 1. The van der Waals surface area contributed by atoms with E-state index in [1.54, 1.807) is 23.6 Å². The van der Waals surface area contributed by atoms with E-state index < -0.39 is 10.0 Å². The average Bonchev–Trinajstić information content (AvgIpc) is 3.17. The molecule has 3 rings (SSSR count). The largest absolute Gasteiger partial charge is 0.346 e. The number of aromatic nitrogens is 1. The second kappa shape index (κ2) is 6.60. The second-order valence-corrected chi connectivity index (χ2v) is 7.59. The summed E-state index contributed by atoms with van der Waals surface area (Å²) in [6.45, 7) is 1.48. The van der Waals surface area contributed by atoms with Crippen LogP contribution in [-0.4, -0.2) is 32.5 Å². The van der Waals surface area contributed by atoms with Gasteiger partial charge < -0.3 is 4.90 Å². The summed E-state index contributed by atoms with van der Waals surface area (Å²) in [6.07, 6.45) is 4.16. The van der Waals surface area contributed by atoms with E-state index in [4.69, 9.17) is 0 Å². The molecular weight excluding hydrogens is 318 g/mol. The fraction of sp³-hybridized carbons (Fsp3) is 0.267. The van der Waals surface area contributed by atoms with E-state index in [0.29, 0.717) is 6.54 Å². The van der Waals surface area contributed by atoms with Crippen LogP contribution < -0.4 is 9.62 Å². The van der Waals surface area contributed by atoms with Crippen molar-refractivity contribution < 1.29 is 8.42 Å². The highest BCUT2D eigenvalue weighted by Gasteiger charge is 2.26. The molecule has 0 radical (unpaired) electrons. The minimum Gasteiger partial charge on any atom is -0.346 e. The number of hydrogen-bond donors (Lipinski definition) is 1. The van der Waals surface area contributed by atoms with E-state index in [-0.39, 0.29) is 6.04 Å². The predicted octanol–water partition coefficient (Wildman–Crippen LogP) is 2.31. The first kappa shape index (κ1) is 15.2. The van der Waals surface area contributed by atoms with E-state index in [1.807, 2.05) is 35.7 Å². The van der Waals surface area contributed by atoms with Gasteiger partial charge in [-0.25, -0.2) is 18.1 Å². The Kier molecular flexibility index (Phi) is 4.56. The Labute approximate surface area is 134 Å². The molecule has 1 aromatic heterocycles. The average molecular weight is 335 g/mol. The van der Waals surface area contributed by atoms with Crippen LogP contribution in [0, 0.1) is 0 Å². The molecule has 7 heteroatoms. The molecule has 116 valence electrons. The van der Waals surface area contributed by atoms with Crippen molar-refractivity contribution in [3.8, 4) is 0 Å². The number of rotatable bonds is 5. The Morgan fingerprint density at radius 1 is 1.32 bits per heavy atom. The lowest BCUT2D eigenvalue weighted by Gasteiger charge is -2.15. The molecule has 5 nitrogen and oxygen atoms in total. The molecule has 1 aliphatic rings. The summed E-state index contributed by atoms with van der Waals surface area (Å²) < 4.78 is 27.0. The smallest absolute Gasteiger partial charge is 0.234 e. The zero-order valence-corrected chi connectivity index (χ0v) is 13.6. The molecule has 0 bridgehead atoms. The standard InChI is InChI=1S/C15H17N3O2S2/c19-22(20,11-7-13-4-2-1-3-5-13)17-14-6-9-18(12-14)15-16-8-10-21-15/h1-5,7-8,10-11,14,17H,6,9,12H2/b11-7+. The van der Waals surface area contributed by atoms with Gasteiger partial charge in [-0.15, -0.1) is 11.3 Å². The molecule has 1 saturated heterocycles. The van der Waals surface area contributed by atoms with E-state index in [2.05, 4.69) is 14.6 Å². The van der Waals surface area contributed by atoms with Crippen LogP contribution in [0.5, 0.6) is 0 Å². The van der Waals surface area contributed by atoms with Gasteiger partial charge in [-0.2, -0.15) is 0 Å². The number of nitrogens with zero attached hydrogens (tertiary/aromatic N) is 2. The summed E-state index contributed by atoms with van der Waals surface area (Å²) in [5.41, 5.74) is 0.865. The van der Waals surface area contributed by atoms with Gasteiger partial charge in [0.2, 0.25) is 10.0 Å². The number of hydrogen-bond acceptors (Lipinski definition) is 5. The number of nitrogens with one attached hydrogen (secondary N) is 1. The maximum Gasteiger partial charge on any atom is 0.234 e. The van der Waals surface area contributed by atoms with Gasteiger partial charge in [-0.05, 0) is 18.1 Å². The molecule has 1 aromatic carbocycles. The van der Waals surface area contributed by atoms with Gasteiger partial charge in [-0.3, -0.25) is 0 Å². The molecule has 1 unspecified atom stereocenters. The zero-order valence-electron chi connectivity index (χ0n) is 11.9. The fourth-order valence-corrected chi connectivity index (χ4v) is 4.16. The predicted molar refractivity (Wildman–Crippen MR) is 90.3 cm³/mol. The van der Waals surface area contributed by atoms with Crippen molar-refractivity contribution in [1.29, 1.82) is 0 Å². The quantitative estimate of drug-likeness (QED) is 0.911. The second-order valence-electron chi connectivity index (χ2n) is 5.12. The molecule has 0 amide bonds. The topological polar surface area (TPSA) is 62.3 Å². The van der Waals surface area contributed by atoms with Gasteiger partial charge in [0.1, 0.15) is 0 Å². The van der Waals surface area contributed by atoms with E-state index in [0.717, 1.165) is 23.7 Å². The molecule has 1 fully saturated rings. The maximum absolute atomic E-state index is 12.1. The van der Waals surface area contributed by atoms with Crippen LogP contribution in [0.1, 0.15) is 12.0 Å². The third-order valence-electron chi connectivity index (χ3n) is 3.45. The third kappa shape index (κ3) is 3.94. The van der Waals surface area contributed by atoms with Crippen LogP contribution in [0.15, 0.2) is 47.3 Å². The van der Waals surface area contributed by atoms with Crippen molar-refractivity contribution in [3.63, 3.8) is 0 Å². The van der Waals surface area contributed by atoms with Crippen LogP contribution in [0.25, 0.3) is 6.08 Å². The molecule has 1 aliphatic heterocycles. The number of benzene rings is 1. The summed E-state index contributed by atoms with van der Waals surface area (Å²) in [4.78, 5) is 6.37. The SMILES string of the molecule is O=S(=O)(/C=C/c1ccccc1)NC1CCN(c2nccs2)C1. The van der Waals surface area contributed by atoms with Crippen molar-refractivity contribution >= 4 is 32.6 Å². The Balaban J connectivity index is 1.60. The van der Waals surface area contributed by atoms with Gasteiger partial charge in [0.15, 0.2) is 5.13 Å². The van der Waals surface area contributed by atoms with Crippen molar-refractivity contribution in [2.24, 2.45) is 0 Å². The summed E-state index contributed by atoms with van der Waals surface area (Å²) in [7, 11) is -3.43. The Hall–Kier alpha value is -1.70. The molecule has 1 N–H and O–H groups in total. The fourth-order valence-electron chi connectivity index (χ4n) is 2.41. The van der Waals surface area contributed by atoms with E-state index in [1.165, 1.54) is 5.41 Å². The lowest BCUT2D eigenvalue weighted by molar-refractivity contribution is 0.570. The first-order chi connectivity index (χ1) is 10.6. The molecular formula is C15H17N3O2S2. The van der Waals surface area contributed by atoms with Crippen LogP contribution in [0.2, 0.25) is 0 Å². The Morgan fingerprint density at radius 2 is 2.14 bits per heavy atom. The van der Waals surface area contributed by atoms with Crippen molar-refractivity contribution in [2.45, 2.75) is 12.5 Å². The van der Waals surface area contributed by atoms with Crippen molar-refractivity contribution in [1.82, 2.24) is 9.71 Å². The summed E-state index contributed by atoms with van der Waals surface area (Å²) >= 11 is 1.57. The first-order valence-electron chi connectivity index (χ1n) is 7.02. The van der Waals surface area contributed by atoms with E-state index >= 15 is 0 Å². The molecule has 0 spiro atoms. The lowest BCUT2D eigenvalue weighted by Crippen LogP contribution is -2.35. The van der Waals surface area contributed by atoms with Gasteiger partial charge in [0, 0.05) is 36.1 Å². The highest BCUT2D eigenvalue weighted by Crippen LogP contribution is 2.22. The van der Waals surface area contributed by atoms with E-state index in [9.17, 15) is 8.42 Å². The van der Waals surface area contributed by atoms with Crippen LogP contribution in [-0.2, 0) is 10.0 Å². The van der Waals surface area contributed by atoms with Gasteiger partial charge in [0.25, 0.3) is 0 Å². The van der Waals surface area contributed by atoms with Crippen molar-refractivity contribution in [3.05, 3.63) is 52.9 Å². The molecule has 0 aliphatic carbocycles. The number of anilines is 1. The van der Waals surface area contributed by atoms with Crippen LogP contribution in [0.4, 0.5) is 5.13 Å². The molecule has 0 saturated carbocycles. The monoisotopic (exact) mass is 335 g/mol. The van der Waals surface area contributed by atoms with Gasteiger partial charge in [-0.1, -0.05) is 30.3 Å². The van der Waals surface area contributed by atoms with Gasteiger partial charge in [0.05, 0.1) is 0 Å². The Morgan fingerprint density at radius 3 is 2.86 bits per heavy atom. The van der Waals surface area contributed by atoms with Crippen LogP contribution in [0.3, 0.4) is 0 Å². The minimum atomic E-state index is -3.43. The summed E-state index contributed by atoms with van der Waals surface area (Å²) in [6, 6.07) is 9.31. The third-order valence-corrected chi connectivity index (χ3v) is 5.44. The summed E-state index contributed by atoms with van der Waals surface area (Å²) in [5.74, 6) is 0. The number of thiazole rings is 1. The lowest BCUT2D eigenvalue weighted by atomic mass is 10.2. The van der Waals surface area contributed by atoms with Crippen LogP contribution >= 0.6 is 11.3 Å². The zero-order chi connectivity index (χ0) is 15.4. The highest BCUT2D eigenvalue weighted by molar-refractivity contribution is 7.92.